The summed E-state index contributed by atoms with van der Waals surface area (Å²) < 4.78 is 5.26. The number of hydrogen-bond acceptors (Lipinski definition) is 7. The van der Waals surface area contributed by atoms with Gasteiger partial charge in [-0.3, -0.25) is 9.59 Å². The van der Waals surface area contributed by atoms with Crippen LogP contribution in [0.2, 0.25) is 0 Å². The molecule has 2 aliphatic rings. The molecule has 2 aromatic rings. The van der Waals surface area contributed by atoms with Crippen molar-refractivity contribution in [1.29, 1.82) is 0 Å². The van der Waals surface area contributed by atoms with Crippen molar-refractivity contribution < 1.29 is 19.4 Å². The van der Waals surface area contributed by atoms with E-state index in [1.165, 1.54) is 0 Å². The summed E-state index contributed by atoms with van der Waals surface area (Å²) in [6.45, 7) is 7.95. The summed E-state index contributed by atoms with van der Waals surface area (Å²) >= 11 is 0. The fourth-order valence-electron chi connectivity index (χ4n) is 4.00. The standard InChI is InChI=1S/C24H29N3O4/c1-3-27(4-2)13-15(28)11-25-19-9-10-20(26-12-16-14-31-16)22-21(19)23(29)17-7-5-6-8-18(17)24(22)30/h5-10,15-16,25-26,28H,3-4,11-14H2,1-2H3/t15-,16+/m1/s1. The van der Waals surface area contributed by atoms with Crippen LogP contribution in [-0.4, -0.2) is 73.1 Å². The second-order valence-electron chi connectivity index (χ2n) is 7.97. The Morgan fingerprint density at radius 3 is 2.06 bits per heavy atom. The van der Waals surface area contributed by atoms with Crippen molar-refractivity contribution >= 4 is 22.9 Å². The van der Waals surface area contributed by atoms with Crippen LogP contribution in [-0.2, 0) is 4.74 Å². The molecular weight excluding hydrogens is 394 g/mol. The summed E-state index contributed by atoms with van der Waals surface area (Å²) in [5, 5.41) is 16.9. The molecule has 4 rings (SSSR count). The zero-order chi connectivity index (χ0) is 22.0. The molecule has 1 aliphatic heterocycles. The van der Waals surface area contributed by atoms with E-state index in [2.05, 4.69) is 29.4 Å². The molecule has 0 amide bonds. The fraction of sp³-hybridized carbons (Fsp3) is 0.417. The van der Waals surface area contributed by atoms with Crippen molar-refractivity contribution in [2.45, 2.75) is 26.1 Å². The number of aliphatic hydroxyl groups is 1. The lowest BCUT2D eigenvalue weighted by molar-refractivity contribution is 0.0980. The van der Waals surface area contributed by atoms with Gasteiger partial charge in [-0.2, -0.15) is 0 Å². The van der Waals surface area contributed by atoms with E-state index in [-0.39, 0.29) is 24.2 Å². The number of nitrogens with zero attached hydrogens (tertiary/aromatic N) is 1. The zero-order valence-electron chi connectivity index (χ0n) is 18.0. The van der Waals surface area contributed by atoms with Crippen LogP contribution < -0.4 is 10.6 Å². The minimum Gasteiger partial charge on any atom is -0.390 e. The molecule has 164 valence electrons. The molecule has 0 bridgehead atoms. The first-order chi connectivity index (χ1) is 15.0. The number of anilines is 2. The van der Waals surface area contributed by atoms with E-state index in [0.717, 1.165) is 13.1 Å². The van der Waals surface area contributed by atoms with Crippen LogP contribution in [0.4, 0.5) is 11.4 Å². The fourth-order valence-corrected chi connectivity index (χ4v) is 4.00. The van der Waals surface area contributed by atoms with E-state index in [4.69, 9.17) is 4.74 Å². The van der Waals surface area contributed by atoms with Crippen LogP contribution in [0.1, 0.15) is 45.7 Å². The van der Waals surface area contributed by atoms with Gasteiger partial charge in [0, 0.05) is 42.1 Å². The molecule has 1 heterocycles. The molecular formula is C24H29N3O4. The van der Waals surface area contributed by atoms with Crippen LogP contribution in [0.25, 0.3) is 0 Å². The number of benzene rings is 2. The van der Waals surface area contributed by atoms with E-state index in [1.807, 2.05) is 6.07 Å². The van der Waals surface area contributed by atoms with Gasteiger partial charge >= 0.3 is 0 Å². The van der Waals surface area contributed by atoms with Crippen molar-refractivity contribution in [2.75, 3.05) is 50.0 Å². The van der Waals surface area contributed by atoms with Gasteiger partial charge in [0.2, 0.25) is 0 Å². The summed E-state index contributed by atoms with van der Waals surface area (Å²) in [6, 6.07) is 10.5. The average Bonchev–Trinajstić information content (AvgIpc) is 3.62. The number of aliphatic hydroxyl groups excluding tert-OH is 1. The monoisotopic (exact) mass is 423 g/mol. The minimum absolute atomic E-state index is 0.144. The smallest absolute Gasteiger partial charge is 0.196 e. The van der Waals surface area contributed by atoms with Crippen molar-refractivity contribution in [1.82, 2.24) is 4.90 Å². The summed E-state index contributed by atoms with van der Waals surface area (Å²) in [6.07, 6.45) is -0.451. The predicted octanol–water partition coefficient (Wildman–Crippen LogP) is 2.39. The van der Waals surface area contributed by atoms with Gasteiger partial charge in [-0.1, -0.05) is 38.1 Å². The molecule has 1 fully saturated rings. The minimum atomic E-state index is -0.595. The third-order valence-corrected chi connectivity index (χ3v) is 5.89. The number of ketones is 2. The maximum atomic E-state index is 13.4. The summed E-state index contributed by atoms with van der Waals surface area (Å²) in [5.74, 6) is -0.353. The summed E-state index contributed by atoms with van der Waals surface area (Å²) in [4.78, 5) is 28.9. The lowest BCUT2D eigenvalue weighted by Crippen LogP contribution is -2.36. The van der Waals surface area contributed by atoms with E-state index in [1.54, 1.807) is 30.3 Å². The van der Waals surface area contributed by atoms with Crippen LogP contribution in [0.15, 0.2) is 36.4 Å². The second kappa shape index (κ2) is 9.18. The first kappa shape index (κ1) is 21.5. The van der Waals surface area contributed by atoms with Crippen LogP contribution >= 0.6 is 0 Å². The molecule has 2 aromatic carbocycles. The van der Waals surface area contributed by atoms with Gasteiger partial charge in [0.05, 0.1) is 29.9 Å². The van der Waals surface area contributed by atoms with E-state index < -0.39 is 6.10 Å². The largest absolute Gasteiger partial charge is 0.390 e. The van der Waals surface area contributed by atoms with Crippen molar-refractivity contribution in [3.63, 3.8) is 0 Å². The lowest BCUT2D eigenvalue weighted by atomic mass is 9.82. The van der Waals surface area contributed by atoms with Crippen molar-refractivity contribution in [3.8, 4) is 0 Å². The molecule has 1 saturated heterocycles. The van der Waals surface area contributed by atoms with E-state index in [0.29, 0.717) is 53.3 Å². The molecule has 2 atom stereocenters. The van der Waals surface area contributed by atoms with Gasteiger partial charge in [-0.15, -0.1) is 0 Å². The van der Waals surface area contributed by atoms with Gasteiger partial charge in [-0.25, -0.2) is 0 Å². The average molecular weight is 424 g/mol. The third kappa shape index (κ3) is 4.49. The highest BCUT2D eigenvalue weighted by Gasteiger charge is 2.34. The lowest BCUT2D eigenvalue weighted by Gasteiger charge is -2.25. The predicted molar refractivity (Wildman–Crippen MR) is 120 cm³/mol. The highest BCUT2D eigenvalue weighted by Crippen LogP contribution is 2.36. The Hall–Kier alpha value is -2.74. The van der Waals surface area contributed by atoms with Crippen LogP contribution in [0.3, 0.4) is 0 Å². The van der Waals surface area contributed by atoms with Gasteiger partial charge in [0.15, 0.2) is 11.6 Å². The first-order valence-electron chi connectivity index (χ1n) is 10.9. The molecule has 0 aromatic heterocycles. The number of hydrogen-bond donors (Lipinski definition) is 3. The van der Waals surface area contributed by atoms with Gasteiger partial charge in [-0.05, 0) is 25.2 Å². The number of likely N-dealkylation sites (N-methyl/N-ethyl adjacent to an activating group) is 1. The number of ether oxygens (including phenoxy) is 1. The van der Waals surface area contributed by atoms with Crippen molar-refractivity contribution in [2.24, 2.45) is 0 Å². The molecule has 0 radical (unpaired) electrons. The Morgan fingerprint density at radius 2 is 1.55 bits per heavy atom. The quantitative estimate of drug-likeness (QED) is 0.431. The maximum Gasteiger partial charge on any atom is 0.196 e. The number of epoxide rings is 1. The van der Waals surface area contributed by atoms with Crippen LogP contribution in [0.5, 0.6) is 0 Å². The number of nitrogens with one attached hydrogen (secondary N) is 2. The topological polar surface area (TPSA) is 94.2 Å². The third-order valence-electron chi connectivity index (χ3n) is 5.89. The Kier molecular flexibility index (Phi) is 6.36. The number of fused-ring (bicyclic) bond motifs is 2. The molecule has 0 spiro atoms. The van der Waals surface area contributed by atoms with Crippen molar-refractivity contribution in [3.05, 3.63) is 58.7 Å². The molecule has 31 heavy (non-hydrogen) atoms. The SMILES string of the molecule is CCN(CC)C[C@H](O)CNc1ccc(NC[C@H]2CO2)c2c1C(=O)c1ccccc1C2=O. The van der Waals surface area contributed by atoms with E-state index >= 15 is 0 Å². The van der Waals surface area contributed by atoms with Gasteiger partial charge < -0.3 is 25.4 Å². The molecule has 0 unspecified atom stereocenters. The highest BCUT2D eigenvalue weighted by atomic mass is 16.6. The number of carbonyl (C=O) groups excluding carboxylic acids is 2. The normalized spacial score (nSPS) is 17.9. The summed E-state index contributed by atoms with van der Waals surface area (Å²) in [7, 11) is 0. The van der Waals surface area contributed by atoms with Gasteiger partial charge in [0.25, 0.3) is 0 Å². The molecule has 1 aliphatic carbocycles. The number of carbonyl (C=O) groups is 2. The molecule has 3 N–H and O–H groups in total. The highest BCUT2D eigenvalue weighted by molar-refractivity contribution is 6.31. The number of rotatable bonds is 10. The maximum absolute atomic E-state index is 13.4. The Bertz CT molecular complexity index is 983. The Morgan fingerprint density at radius 1 is 1.00 bits per heavy atom. The van der Waals surface area contributed by atoms with Gasteiger partial charge in [0.1, 0.15) is 0 Å². The van der Waals surface area contributed by atoms with Crippen LogP contribution in [0, 0.1) is 0 Å². The summed E-state index contributed by atoms with van der Waals surface area (Å²) in [5.41, 5.74) is 2.77. The first-order valence-corrected chi connectivity index (χ1v) is 10.9. The Balaban J connectivity index is 1.64. The van der Waals surface area contributed by atoms with E-state index in [9.17, 15) is 14.7 Å². The zero-order valence-corrected chi connectivity index (χ0v) is 18.0. The molecule has 7 heteroatoms. The molecule has 0 saturated carbocycles. The molecule has 7 nitrogen and oxygen atoms in total. The second-order valence-corrected chi connectivity index (χ2v) is 7.97. The Labute approximate surface area is 182 Å².